The Morgan fingerprint density at radius 1 is 0.419 bits per heavy atom. The minimum atomic E-state index is 0.964. The Morgan fingerprint density at radius 3 is 1.53 bits per heavy atom. The van der Waals surface area contributed by atoms with E-state index >= 15 is 0 Å². The van der Waals surface area contributed by atoms with E-state index in [2.05, 4.69) is 247 Å². The standard InChI is InChI=1S/C60H44N2/c1-42-19-16-17-34-61(52-37-48(43-20-6-2-7-21-43)35-49(38-52)44-22-8-3-9-23-44)58-33-32-47(41-57(42)58)54-29-18-30-56-55-28-14-15-31-59(55)62(60(54)56)53-39-50(45-24-10-4-11-25-45)36-51(40-53)46-26-12-5-13-27-46/h2-14,16-30,32-41H,1,15,31H2/b19-16-,34-17-. The van der Waals surface area contributed by atoms with Gasteiger partial charge in [0, 0.05) is 45.3 Å². The van der Waals surface area contributed by atoms with E-state index in [0.717, 1.165) is 40.9 Å². The van der Waals surface area contributed by atoms with Crippen LogP contribution >= 0.6 is 0 Å². The zero-order valence-electron chi connectivity index (χ0n) is 34.5. The summed E-state index contributed by atoms with van der Waals surface area (Å²) in [5.41, 5.74) is 21.1. The molecule has 8 aromatic carbocycles. The maximum Gasteiger partial charge on any atom is 0.0616 e. The van der Waals surface area contributed by atoms with Crippen LogP contribution in [0.15, 0.2) is 231 Å². The summed E-state index contributed by atoms with van der Waals surface area (Å²) in [6.45, 7) is 4.65. The number of hydrogen-bond acceptors (Lipinski definition) is 1. The zero-order valence-corrected chi connectivity index (χ0v) is 34.5. The third-order valence-corrected chi connectivity index (χ3v) is 12.3. The van der Waals surface area contributed by atoms with Gasteiger partial charge in [0.25, 0.3) is 0 Å². The van der Waals surface area contributed by atoms with Crippen LogP contribution in [0.3, 0.4) is 0 Å². The number of anilines is 2. The summed E-state index contributed by atoms with van der Waals surface area (Å²) >= 11 is 0. The molecule has 0 saturated heterocycles. The van der Waals surface area contributed by atoms with Gasteiger partial charge in [0.05, 0.1) is 11.2 Å². The molecule has 0 unspecified atom stereocenters. The lowest BCUT2D eigenvalue weighted by Gasteiger charge is -2.27. The second-order valence-electron chi connectivity index (χ2n) is 16.2. The normalized spacial score (nSPS) is 14.2. The van der Waals surface area contributed by atoms with Crippen LogP contribution in [0.1, 0.15) is 23.2 Å². The molecule has 0 spiro atoms. The second-order valence-corrected chi connectivity index (χ2v) is 16.2. The number of benzene rings is 8. The third-order valence-electron chi connectivity index (χ3n) is 12.3. The zero-order chi connectivity index (χ0) is 41.4. The van der Waals surface area contributed by atoms with E-state index < -0.39 is 0 Å². The molecule has 2 heteroatoms. The third kappa shape index (κ3) is 6.82. The van der Waals surface area contributed by atoms with Crippen LogP contribution in [0, 0.1) is 0 Å². The van der Waals surface area contributed by atoms with Gasteiger partial charge in [0.15, 0.2) is 0 Å². The molecule has 9 aromatic rings. The first-order valence-electron chi connectivity index (χ1n) is 21.5. The highest BCUT2D eigenvalue weighted by molar-refractivity contribution is 6.03. The number of allylic oxidation sites excluding steroid dienone is 5. The molecule has 0 N–H and O–H groups in total. The molecule has 2 aliphatic rings. The molecule has 1 aliphatic heterocycles. The SMILES string of the molecule is C=C1/C=C\C=C/N(c2cc(-c3ccccc3)cc(-c3ccccc3)c2)c2ccc(-c3cccc4c5c(n(-c6cc(-c7ccccc7)cc(-c7ccccc7)c6)c34)CCC=C5)cc21. The molecule has 0 fully saturated rings. The summed E-state index contributed by atoms with van der Waals surface area (Å²) < 4.78 is 2.56. The molecule has 11 rings (SSSR count). The molecule has 62 heavy (non-hydrogen) atoms. The average Bonchev–Trinajstić information content (AvgIpc) is 3.69. The van der Waals surface area contributed by atoms with Crippen LogP contribution in [-0.2, 0) is 6.42 Å². The highest BCUT2D eigenvalue weighted by Crippen LogP contribution is 2.44. The number of aromatic nitrogens is 1. The first kappa shape index (κ1) is 37.1. The van der Waals surface area contributed by atoms with Crippen molar-refractivity contribution >= 4 is 33.9 Å². The smallest absolute Gasteiger partial charge is 0.0616 e. The Kier molecular flexibility index (Phi) is 9.52. The fourth-order valence-electron chi connectivity index (χ4n) is 9.34. The monoisotopic (exact) mass is 792 g/mol. The molecule has 0 saturated carbocycles. The molecule has 0 amide bonds. The van der Waals surface area contributed by atoms with Gasteiger partial charge in [-0.25, -0.2) is 0 Å². The molecular formula is C60H44N2. The highest BCUT2D eigenvalue weighted by Gasteiger charge is 2.24. The summed E-state index contributed by atoms with van der Waals surface area (Å²) in [5.74, 6) is 0. The summed E-state index contributed by atoms with van der Waals surface area (Å²) in [6.07, 6.45) is 15.2. The number of rotatable bonds is 7. The maximum absolute atomic E-state index is 4.65. The van der Waals surface area contributed by atoms with Crippen molar-refractivity contribution in [3.63, 3.8) is 0 Å². The molecule has 2 nitrogen and oxygen atoms in total. The van der Waals surface area contributed by atoms with Crippen LogP contribution < -0.4 is 4.90 Å². The van der Waals surface area contributed by atoms with Crippen molar-refractivity contribution in [2.75, 3.05) is 4.90 Å². The number of hydrogen-bond donors (Lipinski definition) is 0. The predicted molar refractivity (Wildman–Crippen MR) is 264 cm³/mol. The number of nitrogens with zero attached hydrogens (tertiary/aromatic N) is 2. The first-order valence-corrected chi connectivity index (χ1v) is 21.5. The van der Waals surface area contributed by atoms with Crippen LogP contribution in [0.2, 0.25) is 0 Å². The summed E-state index contributed by atoms with van der Waals surface area (Å²) in [4.78, 5) is 2.32. The number of para-hydroxylation sites is 1. The highest BCUT2D eigenvalue weighted by atomic mass is 15.1. The van der Waals surface area contributed by atoms with Crippen LogP contribution in [0.4, 0.5) is 11.4 Å². The van der Waals surface area contributed by atoms with Crippen LogP contribution in [0.5, 0.6) is 0 Å². The van der Waals surface area contributed by atoms with Crippen molar-refractivity contribution in [2.45, 2.75) is 12.8 Å². The van der Waals surface area contributed by atoms with Crippen molar-refractivity contribution in [2.24, 2.45) is 0 Å². The molecule has 0 bridgehead atoms. The van der Waals surface area contributed by atoms with Crippen molar-refractivity contribution in [3.8, 4) is 61.3 Å². The fraction of sp³-hybridized carbons (Fsp3) is 0.0333. The van der Waals surface area contributed by atoms with Crippen LogP contribution in [0.25, 0.3) is 83.9 Å². The van der Waals surface area contributed by atoms with Crippen molar-refractivity contribution in [3.05, 3.63) is 248 Å². The fourth-order valence-corrected chi connectivity index (χ4v) is 9.34. The second kappa shape index (κ2) is 15.9. The lowest BCUT2D eigenvalue weighted by atomic mass is 9.94. The lowest BCUT2D eigenvalue weighted by Crippen LogP contribution is -2.12. The van der Waals surface area contributed by atoms with E-state index in [9.17, 15) is 0 Å². The molecule has 1 aromatic heterocycles. The molecule has 0 atom stereocenters. The topological polar surface area (TPSA) is 8.17 Å². The largest absolute Gasteiger partial charge is 0.317 e. The van der Waals surface area contributed by atoms with Crippen LogP contribution in [-0.4, -0.2) is 4.57 Å². The molecule has 1 aliphatic carbocycles. The molecular weight excluding hydrogens is 749 g/mol. The van der Waals surface area contributed by atoms with E-state index in [1.165, 1.54) is 77.9 Å². The Balaban J connectivity index is 1.11. The Morgan fingerprint density at radius 2 is 0.968 bits per heavy atom. The van der Waals surface area contributed by atoms with Gasteiger partial charge in [-0.1, -0.05) is 176 Å². The van der Waals surface area contributed by atoms with Gasteiger partial charge in [0.2, 0.25) is 0 Å². The van der Waals surface area contributed by atoms with Crippen molar-refractivity contribution < 1.29 is 0 Å². The predicted octanol–water partition coefficient (Wildman–Crippen LogP) is 16.2. The van der Waals surface area contributed by atoms with Crippen molar-refractivity contribution in [1.82, 2.24) is 4.57 Å². The minimum absolute atomic E-state index is 0.964. The molecule has 294 valence electrons. The summed E-state index contributed by atoms with van der Waals surface area (Å²) in [6, 6.07) is 70.6. The first-order chi connectivity index (χ1) is 30.7. The van der Waals surface area contributed by atoms with Gasteiger partial charge >= 0.3 is 0 Å². The van der Waals surface area contributed by atoms with Gasteiger partial charge in [-0.2, -0.15) is 0 Å². The minimum Gasteiger partial charge on any atom is -0.317 e. The quantitative estimate of drug-likeness (QED) is 0.156. The van der Waals surface area contributed by atoms with E-state index in [4.69, 9.17) is 0 Å². The maximum atomic E-state index is 4.65. The van der Waals surface area contributed by atoms with E-state index in [-0.39, 0.29) is 0 Å². The average molecular weight is 793 g/mol. The van der Waals surface area contributed by atoms with Crippen molar-refractivity contribution in [1.29, 1.82) is 0 Å². The lowest BCUT2D eigenvalue weighted by molar-refractivity contribution is 0.889. The van der Waals surface area contributed by atoms with E-state index in [0.29, 0.717) is 0 Å². The van der Waals surface area contributed by atoms with E-state index in [1.807, 2.05) is 0 Å². The summed E-state index contributed by atoms with van der Waals surface area (Å²) in [7, 11) is 0. The Hall–Kier alpha value is -7.94. The Labute approximate surface area is 364 Å². The molecule has 2 heterocycles. The van der Waals surface area contributed by atoms with Gasteiger partial charge in [-0.3, -0.25) is 0 Å². The Bertz CT molecular complexity index is 3110. The van der Waals surface area contributed by atoms with Gasteiger partial charge in [-0.15, -0.1) is 0 Å². The van der Waals surface area contributed by atoms with Gasteiger partial charge in [0.1, 0.15) is 0 Å². The van der Waals surface area contributed by atoms with E-state index in [1.54, 1.807) is 0 Å². The number of fused-ring (bicyclic) bond motifs is 4. The van der Waals surface area contributed by atoms with Gasteiger partial charge in [-0.05, 0) is 123 Å². The van der Waals surface area contributed by atoms with Gasteiger partial charge < -0.3 is 9.47 Å². The summed E-state index contributed by atoms with van der Waals surface area (Å²) in [5, 5.41) is 1.26. The molecule has 0 radical (unpaired) electrons.